The number of hydrogen-bond donors (Lipinski definition) is 0. The quantitative estimate of drug-likeness (QED) is 0.384. The predicted octanol–water partition coefficient (Wildman–Crippen LogP) is 3.38. The number of halogens is 1. The maximum atomic E-state index is 13.1. The summed E-state index contributed by atoms with van der Waals surface area (Å²) in [4.78, 5) is 30.5. The zero-order valence-corrected chi connectivity index (χ0v) is 17.2. The summed E-state index contributed by atoms with van der Waals surface area (Å²) in [5, 5.41) is 0.861. The highest BCUT2D eigenvalue weighted by Gasteiger charge is 2.17. The van der Waals surface area contributed by atoms with Crippen LogP contribution in [0.4, 0.5) is 0 Å². The van der Waals surface area contributed by atoms with Crippen molar-refractivity contribution in [2.45, 2.75) is 52.2 Å². The lowest BCUT2D eigenvalue weighted by atomic mass is 10.2. The Morgan fingerprint density at radius 3 is 2.44 bits per heavy atom. The Hall–Kier alpha value is -2.15. The van der Waals surface area contributed by atoms with E-state index < -0.39 is 0 Å². The van der Waals surface area contributed by atoms with Crippen LogP contribution in [-0.4, -0.2) is 24.0 Å². The van der Waals surface area contributed by atoms with Crippen LogP contribution in [0, 0.1) is 0 Å². The summed E-state index contributed by atoms with van der Waals surface area (Å²) in [6.07, 6.45) is 5.22. The molecule has 1 aromatic carbocycles. The average molecular weight is 433 g/mol. The van der Waals surface area contributed by atoms with Crippen LogP contribution in [0.3, 0.4) is 0 Å². The Kier molecular flexibility index (Phi) is 6.66. The topological polar surface area (TPSA) is 61.8 Å². The minimum Gasteiger partial charge on any atom is -0.320 e. The second kappa shape index (κ2) is 9.17. The van der Waals surface area contributed by atoms with Crippen LogP contribution in [-0.2, 0) is 19.6 Å². The lowest BCUT2D eigenvalue weighted by Gasteiger charge is -2.12. The first kappa shape index (κ1) is 19.6. The molecule has 0 aliphatic carbocycles. The van der Waals surface area contributed by atoms with Gasteiger partial charge in [-0.2, -0.15) is 0 Å². The van der Waals surface area contributed by atoms with Crippen molar-refractivity contribution < 1.29 is 0 Å². The van der Waals surface area contributed by atoms with E-state index in [9.17, 15) is 9.59 Å². The normalized spacial score (nSPS) is 11.3. The monoisotopic (exact) mass is 432 g/mol. The van der Waals surface area contributed by atoms with Gasteiger partial charge in [0.25, 0.3) is 5.56 Å². The molecule has 0 bridgehead atoms. The third-order valence-corrected chi connectivity index (χ3v) is 5.24. The smallest absolute Gasteiger partial charge is 0.320 e. The molecular formula is C20H25BrN4O2. The molecule has 0 unspecified atom stereocenters. The third kappa shape index (κ3) is 4.24. The summed E-state index contributed by atoms with van der Waals surface area (Å²) >= 11 is 3.41. The molecule has 27 heavy (non-hydrogen) atoms. The molecule has 2 aromatic heterocycles. The van der Waals surface area contributed by atoms with Crippen LogP contribution in [0.2, 0.25) is 0 Å². The van der Waals surface area contributed by atoms with Gasteiger partial charge in [-0.05, 0) is 24.8 Å². The van der Waals surface area contributed by atoms with Crippen molar-refractivity contribution in [3.05, 3.63) is 63.1 Å². The van der Waals surface area contributed by atoms with Crippen LogP contribution in [0.5, 0.6) is 0 Å². The van der Waals surface area contributed by atoms with Crippen LogP contribution in [0.15, 0.2) is 46.2 Å². The van der Waals surface area contributed by atoms with Gasteiger partial charge in [0.15, 0.2) is 11.2 Å². The first-order chi connectivity index (χ1) is 13.2. The highest BCUT2D eigenvalue weighted by Crippen LogP contribution is 2.11. The number of benzene rings is 1. The number of rotatable bonds is 9. The molecule has 0 saturated heterocycles. The number of nitrogens with zero attached hydrogens (tertiary/aromatic N) is 4. The summed E-state index contributed by atoms with van der Waals surface area (Å²) in [5.41, 5.74) is 1.60. The zero-order valence-electron chi connectivity index (χ0n) is 15.6. The molecule has 144 valence electrons. The molecule has 0 saturated carbocycles. The number of unbranched alkanes of at least 4 members (excludes halogenated alkanes) is 2. The molecule has 3 rings (SSSR count). The first-order valence-electron chi connectivity index (χ1n) is 9.45. The summed E-state index contributed by atoms with van der Waals surface area (Å²) in [5.74, 6) is 0. The van der Waals surface area contributed by atoms with Crippen LogP contribution < -0.4 is 11.2 Å². The van der Waals surface area contributed by atoms with Crippen molar-refractivity contribution in [1.82, 2.24) is 18.7 Å². The third-order valence-electron chi connectivity index (χ3n) is 4.68. The fourth-order valence-corrected chi connectivity index (χ4v) is 3.61. The predicted molar refractivity (Wildman–Crippen MR) is 112 cm³/mol. The molecule has 6 nitrogen and oxygen atoms in total. The van der Waals surface area contributed by atoms with Gasteiger partial charge in [-0.1, -0.05) is 59.6 Å². The fraction of sp³-hybridized carbons (Fsp3) is 0.450. The average Bonchev–Trinajstić information content (AvgIpc) is 3.09. The maximum absolute atomic E-state index is 13.1. The number of aryl methyl sites for hydroxylation is 1. The van der Waals surface area contributed by atoms with Crippen molar-refractivity contribution in [2.75, 3.05) is 5.33 Å². The molecular weight excluding hydrogens is 408 g/mol. The number of aromatic nitrogens is 4. The minimum absolute atomic E-state index is 0.245. The van der Waals surface area contributed by atoms with Crippen molar-refractivity contribution in [3.8, 4) is 0 Å². The van der Waals surface area contributed by atoms with Crippen LogP contribution >= 0.6 is 15.9 Å². The van der Waals surface area contributed by atoms with E-state index in [1.165, 1.54) is 4.57 Å². The van der Waals surface area contributed by atoms with E-state index >= 15 is 0 Å². The van der Waals surface area contributed by atoms with E-state index in [0.717, 1.165) is 36.6 Å². The summed E-state index contributed by atoms with van der Waals surface area (Å²) in [6.45, 7) is 3.65. The largest absolute Gasteiger partial charge is 0.332 e. The van der Waals surface area contributed by atoms with Gasteiger partial charge in [0.1, 0.15) is 0 Å². The van der Waals surface area contributed by atoms with Crippen molar-refractivity contribution in [2.24, 2.45) is 0 Å². The molecule has 0 N–H and O–H groups in total. The van der Waals surface area contributed by atoms with Gasteiger partial charge in [0.05, 0.1) is 6.33 Å². The van der Waals surface area contributed by atoms with Gasteiger partial charge in [-0.15, -0.1) is 0 Å². The molecule has 0 aliphatic heterocycles. The van der Waals surface area contributed by atoms with Crippen LogP contribution in [0.1, 0.15) is 38.2 Å². The Bertz CT molecular complexity index is 1000. The zero-order chi connectivity index (χ0) is 19.2. The Balaban J connectivity index is 2.12. The fourth-order valence-electron chi connectivity index (χ4n) is 3.22. The number of hydrogen-bond acceptors (Lipinski definition) is 3. The van der Waals surface area contributed by atoms with E-state index in [1.807, 2.05) is 34.9 Å². The molecule has 0 amide bonds. The summed E-state index contributed by atoms with van der Waals surface area (Å²) in [7, 11) is 0. The van der Waals surface area contributed by atoms with Crippen LogP contribution in [0.25, 0.3) is 11.2 Å². The molecule has 0 spiro atoms. The Morgan fingerprint density at radius 1 is 1.00 bits per heavy atom. The van der Waals surface area contributed by atoms with Crippen molar-refractivity contribution in [3.63, 3.8) is 0 Å². The standard InChI is InChI=1S/C20H25BrN4O2/c1-2-3-12-24-18-17(19(26)25(20(24)27)13-8-7-11-21)23(15-22-18)14-16-9-5-4-6-10-16/h4-6,9-10,15H,2-3,7-8,11-14H2,1H3. The van der Waals surface area contributed by atoms with Gasteiger partial charge >= 0.3 is 5.69 Å². The molecule has 0 fully saturated rings. The highest BCUT2D eigenvalue weighted by atomic mass is 79.9. The summed E-state index contributed by atoms with van der Waals surface area (Å²) in [6, 6.07) is 9.96. The molecule has 2 heterocycles. The van der Waals surface area contributed by atoms with Gasteiger partial charge in [-0.3, -0.25) is 13.9 Å². The maximum Gasteiger partial charge on any atom is 0.332 e. The molecule has 0 aliphatic rings. The minimum atomic E-state index is -0.250. The second-order valence-electron chi connectivity index (χ2n) is 6.67. The van der Waals surface area contributed by atoms with Crippen molar-refractivity contribution in [1.29, 1.82) is 0 Å². The molecule has 7 heteroatoms. The first-order valence-corrected chi connectivity index (χ1v) is 10.6. The van der Waals surface area contributed by atoms with Gasteiger partial charge in [-0.25, -0.2) is 9.78 Å². The Labute approximate surface area is 166 Å². The highest BCUT2D eigenvalue weighted by molar-refractivity contribution is 9.09. The summed E-state index contributed by atoms with van der Waals surface area (Å²) < 4.78 is 4.90. The number of fused-ring (bicyclic) bond motifs is 1. The molecule has 0 atom stereocenters. The SMILES string of the molecule is CCCCn1c(=O)n(CCCCBr)c(=O)c2c1ncn2Cc1ccccc1. The van der Waals surface area contributed by atoms with Gasteiger partial charge < -0.3 is 4.57 Å². The van der Waals surface area contributed by atoms with E-state index in [2.05, 4.69) is 27.8 Å². The van der Waals surface area contributed by atoms with E-state index in [-0.39, 0.29) is 11.2 Å². The lowest BCUT2D eigenvalue weighted by molar-refractivity contribution is 0.530. The lowest BCUT2D eigenvalue weighted by Crippen LogP contribution is -2.40. The van der Waals surface area contributed by atoms with Gasteiger partial charge in [0, 0.05) is 25.0 Å². The molecule has 3 aromatic rings. The Morgan fingerprint density at radius 2 is 1.74 bits per heavy atom. The second-order valence-corrected chi connectivity index (χ2v) is 7.46. The van der Waals surface area contributed by atoms with E-state index in [1.54, 1.807) is 10.9 Å². The van der Waals surface area contributed by atoms with Gasteiger partial charge in [0.2, 0.25) is 0 Å². The van der Waals surface area contributed by atoms with E-state index in [0.29, 0.717) is 30.8 Å². The molecule has 0 radical (unpaired) electrons. The van der Waals surface area contributed by atoms with Crippen molar-refractivity contribution >= 4 is 27.1 Å². The number of imidazole rings is 1. The van der Waals surface area contributed by atoms with E-state index in [4.69, 9.17) is 0 Å². The number of alkyl halides is 1.